The largest absolute Gasteiger partial charge is 0.496 e. The Bertz CT molecular complexity index is 662. The van der Waals surface area contributed by atoms with Gasteiger partial charge in [-0.1, -0.05) is 30.3 Å². The van der Waals surface area contributed by atoms with E-state index in [0.29, 0.717) is 5.56 Å². The van der Waals surface area contributed by atoms with Crippen molar-refractivity contribution in [3.63, 3.8) is 0 Å². The van der Waals surface area contributed by atoms with E-state index in [-0.39, 0.29) is 10.6 Å². The van der Waals surface area contributed by atoms with Gasteiger partial charge in [0.2, 0.25) is 0 Å². The maximum absolute atomic E-state index is 11.0. The fourth-order valence-electron chi connectivity index (χ4n) is 2.06. The van der Waals surface area contributed by atoms with Crippen LogP contribution in [0.15, 0.2) is 48.5 Å². The third kappa shape index (κ3) is 2.85. The Morgan fingerprint density at radius 3 is 2.50 bits per heavy atom. The number of hydrogen-bond acceptors (Lipinski definition) is 3. The number of rotatable bonds is 4. The van der Waals surface area contributed by atoms with E-state index in [1.165, 1.54) is 6.07 Å². The molecule has 0 saturated carbocycles. The average molecular weight is 269 g/mol. The summed E-state index contributed by atoms with van der Waals surface area (Å²) in [5, 5.41) is 11.0. The van der Waals surface area contributed by atoms with Gasteiger partial charge in [0.25, 0.3) is 5.69 Å². The maximum Gasteiger partial charge on any atom is 0.276 e. The Morgan fingerprint density at radius 1 is 1.15 bits per heavy atom. The molecule has 0 aliphatic rings. The highest BCUT2D eigenvalue weighted by molar-refractivity contribution is 5.84. The van der Waals surface area contributed by atoms with Crippen LogP contribution in [0.3, 0.4) is 0 Å². The smallest absolute Gasteiger partial charge is 0.276 e. The Kier molecular flexibility index (Phi) is 4.15. The molecule has 102 valence electrons. The molecule has 4 nitrogen and oxygen atoms in total. The summed E-state index contributed by atoms with van der Waals surface area (Å²) in [6.45, 7) is 1.91. The third-order valence-corrected chi connectivity index (χ3v) is 3.04. The Morgan fingerprint density at radius 2 is 1.80 bits per heavy atom. The molecule has 20 heavy (non-hydrogen) atoms. The number of methoxy groups -OCH3 is 1. The molecule has 0 saturated heterocycles. The summed E-state index contributed by atoms with van der Waals surface area (Å²) >= 11 is 0. The van der Waals surface area contributed by atoms with Crippen LogP contribution in [-0.2, 0) is 0 Å². The first-order valence-electron chi connectivity index (χ1n) is 6.18. The van der Waals surface area contributed by atoms with E-state index in [0.717, 1.165) is 16.9 Å². The SMILES string of the molecule is COc1ccccc1/C(C)=C/c1ccccc1[N+](=O)[O-]. The first kappa shape index (κ1) is 13.8. The van der Waals surface area contributed by atoms with Gasteiger partial charge in [-0.25, -0.2) is 0 Å². The van der Waals surface area contributed by atoms with Crippen molar-refractivity contribution < 1.29 is 9.66 Å². The van der Waals surface area contributed by atoms with Gasteiger partial charge >= 0.3 is 0 Å². The van der Waals surface area contributed by atoms with Gasteiger partial charge in [-0.15, -0.1) is 0 Å². The zero-order chi connectivity index (χ0) is 14.5. The second-order valence-corrected chi connectivity index (χ2v) is 4.34. The maximum atomic E-state index is 11.0. The van der Waals surface area contributed by atoms with Gasteiger partial charge in [-0.3, -0.25) is 10.1 Å². The molecule has 0 aromatic heterocycles. The van der Waals surface area contributed by atoms with Crippen molar-refractivity contribution in [2.24, 2.45) is 0 Å². The summed E-state index contributed by atoms with van der Waals surface area (Å²) in [7, 11) is 1.61. The predicted octanol–water partition coefficient (Wildman–Crippen LogP) is 4.16. The van der Waals surface area contributed by atoms with Crippen molar-refractivity contribution in [1.82, 2.24) is 0 Å². The first-order chi connectivity index (χ1) is 9.63. The van der Waals surface area contributed by atoms with Crippen molar-refractivity contribution in [3.05, 3.63) is 69.8 Å². The zero-order valence-corrected chi connectivity index (χ0v) is 11.4. The summed E-state index contributed by atoms with van der Waals surface area (Å²) in [4.78, 5) is 10.6. The highest BCUT2D eigenvalue weighted by Gasteiger charge is 2.11. The Balaban J connectivity index is 2.48. The van der Waals surface area contributed by atoms with E-state index < -0.39 is 0 Å². The lowest BCUT2D eigenvalue weighted by Gasteiger charge is -2.08. The quantitative estimate of drug-likeness (QED) is 0.475. The third-order valence-electron chi connectivity index (χ3n) is 3.04. The number of nitro groups is 1. The molecule has 0 atom stereocenters. The molecular weight excluding hydrogens is 254 g/mol. The molecule has 0 unspecified atom stereocenters. The molecule has 0 heterocycles. The summed E-state index contributed by atoms with van der Waals surface area (Å²) in [6.07, 6.45) is 1.80. The molecular formula is C16H15NO3. The lowest BCUT2D eigenvalue weighted by atomic mass is 10.0. The summed E-state index contributed by atoms with van der Waals surface area (Å²) in [6, 6.07) is 14.3. The van der Waals surface area contributed by atoms with Gasteiger partial charge in [0, 0.05) is 11.6 Å². The molecule has 0 fully saturated rings. The first-order valence-corrected chi connectivity index (χ1v) is 6.18. The zero-order valence-electron chi connectivity index (χ0n) is 11.4. The van der Waals surface area contributed by atoms with Crippen molar-refractivity contribution in [3.8, 4) is 5.75 Å². The van der Waals surface area contributed by atoms with Crippen LogP contribution in [0.1, 0.15) is 18.1 Å². The monoisotopic (exact) mass is 269 g/mol. The minimum absolute atomic E-state index is 0.0988. The molecule has 0 spiro atoms. The molecule has 4 heteroatoms. The minimum Gasteiger partial charge on any atom is -0.496 e. The Hall–Kier alpha value is -2.62. The second-order valence-electron chi connectivity index (χ2n) is 4.34. The van der Waals surface area contributed by atoms with Gasteiger partial charge in [0.1, 0.15) is 5.75 Å². The van der Waals surface area contributed by atoms with E-state index in [2.05, 4.69) is 0 Å². The van der Waals surface area contributed by atoms with Gasteiger partial charge in [-0.2, -0.15) is 0 Å². The number of nitrogens with zero attached hydrogens (tertiary/aromatic N) is 1. The van der Waals surface area contributed by atoms with Gasteiger partial charge < -0.3 is 4.74 Å². The average Bonchev–Trinajstić information content (AvgIpc) is 2.47. The molecule has 0 aliphatic carbocycles. The minimum atomic E-state index is -0.374. The van der Waals surface area contributed by atoms with E-state index in [1.807, 2.05) is 31.2 Å². The van der Waals surface area contributed by atoms with E-state index in [4.69, 9.17) is 4.74 Å². The van der Waals surface area contributed by atoms with Crippen LogP contribution in [0, 0.1) is 10.1 Å². The molecule has 0 N–H and O–H groups in total. The number of hydrogen-bond donors (Lipinski definition) is 0. The van der Waals surface area contributed by atoms with Crippen LogP contribution in [0.2, 0.25) is 0 Å². The molecule has 2 rings (SSSR count). The topological polar surface area (TPSA) is 52.4 Å². The summed E-state index contributed by atoms with van der Waals surface area (Å²) < 4.78 is 5.31. The number of allylic oxidation sites excluding steroid dienone is 1. The van der Waals surface area contributed by atoms with Crippen LogP contribution in [0.5, 0.6) is 5.75 Å². The van der Waals surface area contributed by atoms with Crippen molar-refractivity contribution in [2.45, 2.75) is 6.92 Å². The van der Waals surface area contributed by atoms with Crippen LogP contribution in [0.25, 0.3) is 11.6 Å². The van der Waals surface area contributed by atoms with Crippen LogP contribution >= 0.6 is 0 Å². The highest BCUT2D eigenvalue weighted by Crippen LogP contribution is 2.29. The predicted molar refractivity (Wildman–Crippen MR) is 79.6 cm³/mol. The van der Waals surface area contributed by atoms with E-state index >= 15 is 0 Å². The fourth-order valence-corrected chi connectivity index (χ4v) is 2.06. The fraction of sp³-hybridized carbons (Fsp3) is 0.125. The number of benzene rings is 2. The Labute approximate surface area is 117 Å². The van der Waals surface area contributed by atoms with Crippen molar-refractivity contribution >= 4 is 17.3 Å². The van der Waals surface area contributed by atoms with E-state index in [9.17, 15) is 10.1 Å². The standard InChI is InChI=1S/C16H15NO3/c1-12(14-8-4-6-10-16(14)20-2)11-13-7-3-5-9-15(13)17(18)19/h3-11H,1-2H3/b12-11+. The van der Waals surface area contributed by atoms with Gasteiger partial charge in [0.15, 0.2) is 0 Å². The highest BCUT2D eigenvalue weighted by atomic mass is 16.6. The second kappa shape index (κ2) is 6.02. The van der Waals surface area contributed by atoms with Gasteiger partial charge in [0.05, 0.1) is 17.6 Å². The van der Waals surface area contributed by atoms with Crippen LogP contribution in [-0.4, -0.2) is 12.0 Å². The number of para-hydroxylation sites is 2. The molecule has 2 aromatic rings. The van der Waals surface area contributed by atoms with Crippen LogP contribution < -0.4 is 4.74 Å². The van der Waals surface area contributed by atoms with E-state index in [1.54, 1.807) is 31.4 Å². The molecule has 2 aromatic carbocycles. The number of nitro benzene ring substituents is 1. The van der Waals surface area contributed by atoms with Crippen LogP contribution in [0.4, 0.5) is 5.69 Å². The molecule has 0 amide bonds. The molecule has 0 aliphatic heterocycles. The molecule has 0 radical (unpaired) electrons. The number of ether oxygens (including phenoxy) is 1. The van der Waals surface area contributed by atoms with Crippen molar-refractivity contribution in [1.29, 1.82) is 0 Å². The normalized spacial score (nSPS) is 11.2. The van der Waals surface area contributed by atoms with Gasteiger partial charge in [-0.05, 0) is 30.7 Å². The van der Waals surface area contributed by atoms with Crippen molar-refractivity contribution in [2.75, 3.05) is 7.11 Å². The summed E-state index contributed by atoms with van der Waals surface area (Å²) in [5.41, 5.74) is 2.52. The molecule has 0 bridgehead atoms. The lowest BCUT2D eigenvalue weighted by molar-refractivity contribution is -0.385. The lowest BCUT2D eigenvalue weighted by Crippen LogP contribution is -1.92. The summed E-state index contributed by atoms with van der Waals surface area (Å²) in [5.74, 6) is 0.750.